The summed E-state index contributed by atoms with van der Waals surface area (Å²) in [7, 11) is 0. The van der Waals surface area contributed by atoms with Crippen LogP contribution < -0.4 is 10.5 Å². The van der Waals surface area contributed by atoms with Crippen LogP contribution in [0.2, 0.25) is 0 Å². The zero-order chi connectivity index (χ0) is 10.7. The zero-order valence-corrected chi connectivity index (χ0v) is 9.15. The molecular weight excluding hydrogens is 188 g/mol. The highest BCUT2D eigenvalue weighted by Crippen LogP contribution is 2.27. The minimum absolute atomic E-state index is 0.0184. The average Bonchev–Trinajstić information content (AvgIpc) is 2.71. The molecule has 1 aromatic rings. The molecule has 0 aromatic carbocycles. The highest BCUT2D eigenvalue weighted by atomic mass is 16.5. The van der Waals surface area contributed by atoms with Crippen LogP contribution in [0, 0.1) is 0 Å². The summed E-state index contributed by atoms with van der Waals surface area (Å²) < 4.78 is 5.88. The molecule has 1 aliphatic carbocycles. The lowest BCUT2D eigenvalue weighted by molar-refractivity contribution is 0.198. The van der Waals surface area contributed by atoms with Crippen LogP contribution in [0.25, 0.3) is 0 Å². The van der Waals surface area contributed by atoms with E-state index in [-0.39, 0.29) is 6.04 Å². The van der Waals surface area contributed by atoms with Gasteiger partial charge in [-0.15, -0.1) is 0 Å². The van der Waals surface area contributed by atoms with Crippen molar-refractivity contribution in [1.29, 1.82) is 0 Å². The molecule has 1 heterocycles. The van der Waals surface area contributed by atoms with Crippen LogP contribution in [-0.2, 0) is 0 Å². The second kappa shape index (κ2) is 4.62. The lowest BCUT2D eigenvalue weighted by atomic mass is 10.1. The van der Waals surface area contributed by atoms with Crippen molar-refractivity contribution in [2.24, 2.45) is 5.73 Å². The predicted molar refractivity (Wildman–Crippen MR) is 59.7 cm³/mol. The number of nitrogens with two attached hydrogens (primary N) is 1. The Hall–Kier alpha value is -1.09. The van der Waals surface area contributed by atoms with Gasteiger partial charge in [0.25, 0.3) is 0 Å². The molecule has 3 nitrogen and oxygen atoms in total. The van der Waals surface area contributed by atoms with Gasteiger partial charge in [0.2, 0.25) is 5.88 Å². The molecule has 15 heavy (non-hydrogen) atoms. The molecule has 1 atom stereocenters. The number of hydrogen-bond acceptors (Lipinski definition) is 3. The first-order valence-electron chi connectivity index (χ1n) is 5.64. The van der Waals surface area contributed by atoms with Gasteiger partial charge in [0.05, 0.1) is 0 Å². The maximum absolute atomic E-state index is 5.88. The highest BCUT2D eigenvalue weighted by Gasteiger charge is 2.19. The van der Waals surface area contributed by atoms with Gasteiger partial charge in [0.1, 0.15) is 6.10 Å². The Labute approximate surface area is 90.7 Å². The summed E-state index contributed by atoms with van der Waals surface area (Å²) in [5, 5.41) is 0. The maximum Gasteiger partial charge on any atom is 0.218 e. The van der Waals surface area contributed by atoms with Crippen molar-refractivity contribution in [3.05, 3.63) is 23.9 Å². The average molecular weight is 206 g/mol. The summed E-state index contributed by atoms with van der Waals surface area (Å²) >= 11 is 0. The van der Waals surface area contributed by atoms with E-state index >= 15 is 0 Å². The molecule has 2 rings (SSSR count). The fraction of sp³-hybridized carbons (Fsp3) is 0.583. The van der Waals surface area contributed by atoms with Crippen molar-refractivity contribution in [2.75, 3.05) is 0 Å². The molecule has 0 radical (unpaired) electrons. The van der Waals surface area contributed by atoms with Gasteiger partial charge in [0, 0.05) is 17.8 Å². The Kier molecular flexibility index (Phi) is 3.21. The molecule has 1 fully saturated rings. The second-order valence-corrected chi connectivity index (χ2v) is 4.21. The van der Waals surface area contributed by atoms with Gasteiger partial charge in [-0.2, -0.15) is 0 Å². The predicted octanol–water partition coefficient (Wildman–Crippen LogP) is 2.42. The standard InChI is InChI=1S/C12H18N2O/c1-9(13)11-7-4-8-14-12(11)15-10-5-2-3-6-10/h4,7-10H,2-3,5-6,13H2,1H3/t9-/m0/s1. The van der Waals surface area contributed by atoms with Crippen molar-refractivity contribution >= 4 is 0 Å². The molecule has 0 amide bonds. The number of aromatic nitrogens is 1. The fourth-order valence-electron chi connectivity index (χ4n) is 2.01. The summed E-state index contributed by atoms with van der Waals surface area (Å²) in [6.45, 7) is 1.96. The molecule has 0 spiro atoms. The Balaban J connectivity index is 2.12. The first-order valence-corrected chi connectivity index (χ1v) is 5.64. The molecule has 1 aromatic heterocycles. The third-order valence-electron chi connectivity index (χ3n) is 2.87. The Bertz CT molecular complexity index is 319. The van der Waals surface area contributed by atoms with Crippen LogP contribution in [-0.4, -0.2) is 11.1 Å². The van der Waals surface area contributed by atoms with E-state index in [4.69, 9.17) is 10.5 Å². The van der Waals surface area contributed by atoms with E-state index in [2.05, 4.69) is 4.98 Å². The molecule has 1 saturated carbocycles. The van der Waals surface area contributed by atoms with Crippen molar-refractivity contribution in [2.45, 2.75) is 44.8 Å². The van der Waals surface area contributed by atoms with Crippen molar-refractivity contribution in [3.8, 4) is 5.88 Å². The number of pyridine rings is 1. The Morgan fingerprint density at radius 2 is 2.20 bits per heavy atom. The number of hydrogen-bond donors (Lipinski definition) is 1. The first kappa shape index (κ1) is 10.4. The first-order chi connectivity index (χ1) is 7.27. The SMILES string of the molecule is C[C@H](N)c1cccnc1OC1CCCC1. The largest absolute Gasteiger partial charge is 0.474 e. The molecule has 3 heteroatoms. The van der Waals surface area contributed by atoms with E-state index in [1.165, 1.54) is 12.8 Å². The summed E-state index contributed by atoms with van der Waals surface area (Å²) in [5.41, 5.74) is 6.87. The van der Waals surface area contributed by atoms with Gasteiger partial charge in [0.15, 0.2) is 0 Å². The fourth-order valence-corrected chi connectivity index (χ4v) is 2.01. The summed E-state index contributed by atoms with van der Waals surface area (Å²) in [6.07, 6.45) is 6.94. The quantitative estimate of drug-likeness (QED) is 0.826. The molecule has 0 bridgehead atoms. The van der Waals surface area contributed by atoms with Gasteiger partial charge in [-0.1, -0.05) is 6.07 Å². The van der Waals surface area contributed by atoms with E-state index in [1.54, 1.807) is 6.20 Å². The van der Waals surface area contributed by atoms with Gasteiger partial charge in [-0.05, 0) is 38.7 Å². The normalized spacial score (nSPS) is 19.1. The van der Waals surface area contributed by atoms with Crippen LogP contribution in [0.1, 0.15) is 44.2 Å². The van der Waals surface area contributed by atoms with Gasteiger partial charge < -0.3 is 10.5 Å². The van der Waals surface area contributed by atoms with Crippen LogP contribution in [0.5, 0.6) is 5.88 Å². The molecule has 0 unspecified atom stereocenters. The van der Waals surface area contributed by atoms with Gasteiger partial charge in [-0.3, -0.25) is 0 Å². The van der Waals surface area contributed by atoms with E-state index < -0.39 is 0 Å². The van der Waals surface area contributed by atoms with Gasteiger partial charge in [-0.25, -0.2) is 4.98 Å². The topological polar surface area (TPSA) is 48.1 Å². The lowest BCUT2D eigenvalue weighted by Gasteiger charge is -2.16. The van der Waals surface area contributed by atoms with Crippen LogP contribution in [0.3, 0.4) is 0 Å². The molecule has 2 N–H and O–H groups in total. The summed E-state index contributed by atoms with van der Waals surface area (Å²) in [5.74, 6) is 0.722. The summed E-state index contributed by atoms with van der Waals surface area (Å²) in [4.78, 5) is 4.26. The Morgan fingerprint density at radius 3 is 2.87 bits per heavy atom. The minimum Gasteiger partial charge on any atom is -0.474 e. The summed E-state index contributed by atoms with van der Waals surface area (Å²) in [6, 6.07) is 3.87. The molecule has 0 aliphatic heterocycles. The zero-order valence-electron chi connectivity index (χ0n) is 9.15. The van der Waals surface area contributed by atoms with E-state index in [0.717, 1.165) is 24.3 Å². The van der Waals surface area contributed by atoms with Crippen molar-refractivity contribution in [1.82, 2.24) is 4.98 Å². The molecule has 0 saturated heterocycles. The van der Waals surface area contributed by atoms with E-state index in [0.29, 0.717) is 6.10 Å². The highest BCUT2D eigenvalue weighted by molar-refractivity contribution is 5.28. The lowest BCUT2D eigenvalue weighted by Crippen LogP contribution is -2.15. The Morgan fingerprint density at radius 1 is 1.47 bits per heavy atom. The number of ether oxygens (including phenoxy) is 1. The van der Waals surface area contributed by atoms with Crippen LogP contribution in [0.4, 0.5) is 0 Å². The molecular formula is C12H18N2O. The van der Waals surface area contributed by atoms with Crippen LogP contribution in [0.15, 0.2) is 18.3 Å². The molecule has 1 aliphatic rings. The minimum atomic E-state index is -0.0184. The third-order valence-corrected chi connectivity index (χ3v) is 2.87. The van der Waals surface area contributed by atoms with Crippen molar-refractivity contribution in [3.63, 3.8) is 0 Å². The van der Waals surface area contributed by atoms with E-state index in [1.807, 2.05) is 19.1 Å². The van der Waals surface area contributed by atoms with Crippen LogP contribution >= 0.6 is 0 Å². The maximum atomic E-state index is 5.88. The van der Waals surface area contributed by atoms with E-state index in [9.17, 15) is 0 Å². The number of nitrogens with zero attached hydrogens (tertiary/aromatic N) is 1. The number of rotatable bonds is 3. The monoisotopic (exact) mass is 206 g/mol. The van der Waals surface area contributed by atoms with Crippen molar-refractivity contribution < 1.29 is 4.74 Å². The smallest absolute Gasteiger partial charge is 0.218 e. The van der Waals surface area contributed by atoms with Gasteiger partial charge >= 0.3 is 0 Å². The molecule has 82 valence electrons. The second-order valence-electron chi connectivity index (χ2n) is 4.21. The third kappa shape index (κ3) is 2.48.